The molecule has 1 aromatic carbocycles. The molecule has 0 amide bonds. The lowest BCUT2D eigenvalue weighted by molar-refractivity contribution is 0.288. The van der Waals surface area contributed by atoms with Crippen LogP contribution in [0.2, 0.25) is 0 Å². The van der Waals surface area contributed by atoms with Gasteiger partial charge in [-0.25, -0.2) is 4.98 Å². The molecule has 0 spiro atoms. The van der Waals surface area contributed by atoms with Gasteiger partial charge < -0.3 is 19.2 Å². The number of hydrogen-bond donors (Lipinski definition) is 1. The zero-order valence-electron chi connectivity index (χ0n) is 12.8. The van der Waals surface area contributed by atoms with E-state index >= 15 is 0 Å². The van der Waals surface area contributed by atoms with Crippen molar-refractivity contribution < 1.29 is 13.9 Å². The smallest absolute Gasteiger partial charge is 0.226 e. The first kappa shape index (κ1) is 15.4. The highest BCUT2D eigenvalue weighted by molar-refractivity contribution is 5.60. The maximum absolute atomic E-state index is 5.62. The molecular formula is C16H22N2O3. The molecule has 0 aliphatic heterocycles. The monoisotopic (exact) mass is 290 g/mol. The molecule has 0 bridgehead atoms. The molecule has 0 saturated carbocycles. The Labute approximate surface area is 125 Å². The van der Waals surface area contributed by atoms with Gasteiger partial charge in [0.15, 0.2) is 11.5 Å². The molecule has 1 N–H and O–H groups in total. The molecule has 5 nitrogen and oxygen atoms in total. The molecule has 21 heavy (non-hydrogen) atoms. The van der Waals surface area contributed by atoms with Crippen molar-refractivity contribution in [3.8, 4) is 23.0 Å². The summed E-state index contributed by atoms with van der Waals surface area (Å²) in [6.07, 6.45) is 1.68. The van der Waals surface area contributed by atoms with E-state index in [0.29, 0.717) is 31.4 Å². The third kappa shape index (κ3) is 3.98. The third-order valence-corrected chi connectivity index (χ3v) is 2.90. The number of aromatic nitrogens is 1. The van der Waals surface area contributed by atoms with E-state index in [0.717, 1.165) is 23.6 Å². The highest BCUT2D eigenvalue weighted by atomic mass is 16.5. The Hall–Kier alpha value is -2.01. The Bertz CT molecular complexity index is 566. The first-order valence-corrected chi connectivity index (χ1v) is 7.33. The van der Waals surface area contributed by atoms with Crippen LogP contribution < -0.4 is 14.8 Å². The third-order valence-electron chi connectivity index (χ3n) is 2.90. The maximum atomic E-state index is 5.62. The average molecular weight is 290 g/mol. The van der Waals surface area contributed by atoms with E-state index in [1.165, 1.54) is 0 Å². The first-order chi connectivity index (χ1) is 10.3. The minimum Gasteiger partial charge on any atom is -0.490 e. The SMILES string of the molecule is CCNCc1coc(-c2ccc(OCC)c(OCC)c2)n1. The van der Waals surface area contributed by atoms with E-state index in [1.807, 2.05) is 32.0 Å². The number of benzene rings is 1. The van der Waals surface area contributed by atoms with Gasteiger partial charge in [0, 0.05) is 12.1 Å². The number of nitrogens with one attached hydrogen (secondary N) is 1. The summed E-state index contributed by atoms with van der Waals surface area (Å²) in [5.74, 6) is 2.04. The largest absolute Gasteiger partial charge is 0.490 e. The molecule has 0 saturated heterocycles. The van der Waals surface area contributed by atoms with Crippen LogP contribution in [-0.2, 0) is 6.54 Å². The summed E-state index contributed by atoms with van der Waals surface area (Å²) >= 11 is 0. The van der Waals surface area contributed by atoms with Crippen molar-refractivity contribution in [2.24, 2.45) is 0 Å². The van der Waals surface area contributed by atoms with E-state index < -0.39 is 0 Å². The zero-order chi connectivity index (χ0) is 15.1. The molecule has 0 fully saturated rings. The summed E-state index contributed by atoms with van der Waals surface area (Å²) in [6, 6.07) is 5.71. The van der Waals surface area contributed by atoms with Gasteiger partial charge in [0.25, 0.3) is 0 Å². The van der Waals surface area contributed by atoms with Crippen LogP contribution in [0.1, 0.15) is 26.5 Å². The molecule has 1 aromatic heterocycles. The average Bonchev–Trinajstić information content (AvgIpc) is 2.96. The van der Waals surface area contributed by atoms with E-state index in [2.05, 4.69) is 17.2 Å². The van der Waals surface area contributed by atoms with Gasteiger partial charge in [-0.05, 0) is 38.6 Å². The van der Waals surface area contributed by atoms with Crippen molar-refractivity contribution in [3.05, 3.63) is 30.2 Å². The fraction of sp³-hybridized carbons (Fsp3) is 0.438. The molecular weight excluding hydrogens is 268 g/mol. The molecule has 0 radical (unpaired) electrons. The second-order valence-corrected chi connectivity index (χ2v) is 4.45. The predicted octanol–water partition coefficient (Wildman–Crippen LogP) is 3.25. The minimum absolute atomic E-state index is 0.584. The lowest BCUT2D eigenvalue weighted by Crippen LogP contribution is -2.11. The van der Waals surface area contributed by atoms with Gasteiger partial charge in [-0.1, -0.05) is 6.92 Å². The lowest BCUT2D eigenvalue weighted by Gasteiger charge is -2.11. The number of rotatable bonds is 8. The normalized spacial score (nSPS) is 10.6. The van der Waals surface area contributed by atoms with Crippen LogP contribution in [0.3, 0.4) is 0 Å². The molecule has 0 aliphatic rings. The summed E-state index contributed by atoms with van der Waals surface area (Å²) < 4.78 is 16.7. The molecule has 0 unspecified atom stereocenters. The van der Waals surface area contributed by atoms with E-state index in [-0.39, 0.29) is 0 Å². The van der Waals surface area contributed by atoms with Gasteiger partial charge >= 0.3 is 0 Å². The Morgan fingerprint density at radius 3 is 2.57 bits per heavy atom. The van der Waals surface area contributed by atoms with Crippen LogP contribution in [0.15, 0.2) is 28.9 Å². The summed E-state index contributed by atoms with van der Waals surface area (Å²) in [6.45, 7) is 8.75. The van der Waals surface area contributed by atoms with Crippen molar-refractivity contribution >= 4 is 0 Å². The Balaban J connectivity index is 2.22. The van der Waals surface area contributed by atoms with Gasteiger partial charge in [0.2, 0.25) is 5.89 Å². The van der Waals surface area contributed by atoms with E-state index in [1.54, 1.807) is 6.26 Å². The van der Waals surface area contributed by atoms with Crippen molar-refractivity contribution in [1.82, 2.24) is 10.3 Å². The molecule has 2 rings (SSSR count). The summed E-state index contributed by atoms with van der Waals surface area (Å²) in [5, 5.41) is 3.22. The Morgan fingerprint density at radius 1 is 1.10 bits per heavy atom. The summed E-state index contributed by atoms with van der Waals surface area (Å²) in [4.78, 5) is 4.47. The molecule has 0 aliphatic carbocycles. The quantitative estimate of drug-likeness (QED) is 0.808. The van der Waals surface area contributed by atoms with Gasteiger partial charge in [0.1, 0.15) is 6.26 Å². The fourth-order valence-electron chi connectivity index (χ4n) is 1.96. The van der Waals surface area contributed by atoms with Gasteiger partial charge in [0.05, 0.1) is 18.9 Å². The van der Waals surface area contributed by atoms with Crippen LogP contribution in [-0.4, -0.2) is 24.7 Å². The standard InChI is InChI=1S/C16H22N2O3/c1-4-17-10-13-11-21-16(18-13)12-7-8-14(19-5-2)15(9-12)20-6-3/h7-9,11,17H,4-6,10H2,1-3H3. The minimum atomic E-state index is 0.584. The maximum Gasteiger partial charge on any atom is 0.226 e. The lowest BCUT2D eigenvalue weighted by atomic mass is 10.2. The van der Waals surface area contributed by atoms with E-state index in [9.17, 15) is 0 Å². The topological polar surface area (TPSA) is 56.5 Å². The van der Waals surface area contributed by atoms with Crippen molar-refractivity contribution in [1.29, 1.82) is 0 Å². The van der Waals surface area contributed by atoms with Crippen LogP contribution in [0.5, 0.6) is 11.5 Å². The van der Waals surface area contributed by atoms with Crippen LogP contribution in [0.25, 0.3) is 11.5 Å². The van der Waals surface area contributed by atoms with Crippen molar-refractivity contribution in [2.75, 3.05) is 19.8 Å². The zero-order valence-corrected chi connectivity index (χ0v) is 12.8. The van der Waals surface area contributed by atoms with Crippen molar-refractivity contribution in [2.45, 2.75) is 27.3 Å². The van der Waals surface area contributed by atoms with Crippen molar-refractivity contribution in [3.63, 3.8) is 0 Å². The number of nitrogens with zero attached hydrogens (tertiary/aromatic N) is 1. The number of hydrogen-bond acceptors (Lipinski definition) is 5. The van der Waals surface area contributed by atoms with Gasteiger partial charge in [-0.15, -0.1) is 0 Å². The fourth-order valence-corrected chi connectivity index (χ4v) is 1.96. The molecule has 114 valence electrons. The Kier molecular flexibility index (Phi) is 5.63. The second kappa shape index (κ2) is 7.69. The molecule has 0 atom stereocenters. The molecule has 1 heterocycles. The highest BCUT2D eigenvalue weighted by Gasteiger charge is 2.11. The van der Waals surface area contributed by atoms with E-state index in [4.69, 9.17) is 13.9 Å². The van der Waals surface area contributed by atoms with Gasteiger partial charge in [-0.2, -0.15) is 0 Å². The van der Waals surface area contributed by atoms with Crippen LogP contribution >= 0.6 is 0 Å². The van der Waals surface area contributed by atoms with Crippen LogP contribution in [0.4, 0.5) is 0 Å². The highest BCUT2D eigenvalue weighted by Crippen LogP contribution is 2.32. The second-order valence-electron chi connectivity index (χ2n) is 4.45. The molecule has 2 aromatic rings. The Morgan fingerprint density at radius 2 is 1.86 bits per heavy atom. The summed E-state index contributed by atoms with van der Waals surface area (Å²) in [7, 11) is 0. The number of oxazole rings is 1. The first-order valence-electron chi connectivity index (χ1n) is 7.33. The van der Waals surface area contributed by atoms with Crippen LogP contribution in [0, 0.1) is 0 Å². The predicted molar refractivity (Wildman–Crippen MR) is 81.7 cm³/mol. The van der Waals surface area contributed by atoms with Gasteiger partial charge in [-0.3, -0.25) is 0 Å². The number of ether oxygens (including phenoxy) is 2. The molecule has 5 heteroatoms. The summed E-state index contributed by atoms with van der Waals surface area (Å²) in [5.41, 5.74) is 1.77.